The maximum Gasteiger partial charge on any atom is 0.235 e. The third-order valence-electron chi connectivity index (χ3n) is 4.87. The minimum Gasteiger partial charge on any atom is -0.330 e. The average molecular weight is 442 g/mol. The molecule has 0 aliphatic heterocycles. The summed E-state index contributed by atoms with van der Waals surface area (Å²) in [5.74, 6) is 0.0941. The van der Waals surface area contributed by atoms with Gasteiger partial charge in [0.2, 0.25) is 11.0 Å². The molecule has 6 nitrogen and oxygen atoms in total. The minimum atomic E-state index is -0.134. The summed E-state index contributed by atoms with van der Waals surface area (Å²) in [6, 6.07) is 8.33. The first-order chi connectivity index (χ1) is 14.0. The molecular weight excluding hydrogens is 422 g/mol. The Bertz CT molecular complexity index is 1110. The highest BCUT2D eigenvalue weighted by atomic mass is 32.2. The van der Waals surface area contributed by atoms with Crippen LogP contribution in [0.2, 0.25) is 0 Å². The van der Waals surface area contributed by atoms with E-state index in [0.717, 1.165) is 34.9 Å². The lowest BCUT2D eigenvalue weighted by molar-refractivity contribution is -0.113. The van der Waals surface area contributed by atoms with Crippen molar-refractivity contribution in [3.8, 4) is 6.07 Å². The van der Waals surface area contributed by atoms with Crippen LogP contribution in [-0.2, 0) is 17.6 Å². The number of benzene rings is 1. The molecule has 0 spiro atoms. The molecule has 0 unspecified atom stereocenters. The van der Waals surface area contributed by atoms with Crippen molar-refractivity contribution in [1.29, 1.82) is 5.26 Å². The van der Waals surface area contributed by atoms with Crippen molar-refractivity contribution in [2.24, 2.45) is 0 Å². The van der Waals surface area contributed by atoms with Gasteiger partial charge in [-0.2, -0.15) is 5.26 Å². The van der Waals surface area contributed by atoms with Gasteiger partial charge in [0.1, 0.15) is 11.1 Å². The number of thiophene rings is 1. The number of amides is 1. The van der Waals surface area contributed by atoms with Crippen LogP contribution in [0.25, 0.3) is 0 Å². The Labute approximate surface area is 181 Å². The summed E-state index contributed by atoms with van der Waals surface area (Å²) in [4.78, 5) is 13.6. The largest absolute Gasteiger partial charge is 0.330 e. The smallest absolute Gasteiger partial charge is 0.235 e. The molecule has 3 aromatic rings. The Hall–Kier alpha value is -2.41. The Morgan fingerprint density at radius 1 is 1.28 bits per heavy atom. The zero-order chi connectivity index (χ0) is 20.4. The first-order valence-electron chi connectivity index (χ1n) is 9.19. The van der Waals surface area contributed by atoms with Gasteiger partial charge in [-0.1, -0.05) is 35.2 Å². The van der Waals surface area contributed by atoms with Crippen LogP contribution in [0, 0.1) is 25.2 Å². The zero-order valence-corrected chi connectivity index (χ0v) is 18.5. The molecule has 1 aromatic carbocycles. The van der Waals surface area contributed by atoms with Crippen LogP contribution in [0.4, 0.5) is 15.8 Å². The van der Waals surface area contributed by atoms with Crippen LogP contribution in [0.3, 0.4) is 0 Å². The molecule has 0 saturated carbocycles. The highest BCUT2D eigenvalue weighted by molar-refractivity contribution is 8.01. The molecule has 148 valence electrons. The van der Waals surface area contributed by atoms with Crippen LogP contribution in [-0.4, -0.2) is 21.9 Å². The number of thioether (sulfide) groups is 1. The van der Waals surface area contributed by atoms with Crippen molar-refractivity contribution in [3.05, 3.63) is 45.3 Å². The van der Waals surface area contributed by atoms with E-state index in [1.165, 1.54) is 50.4 Å². The summed E-state index contributed by atoms with van der Waals surface area (Å²) in [6.07, 6.45) is 3.02. The lowest BCUT2D eigenvalue weighted by atomic mass is 10.1. The predicted octanol–water partition coefficient (Wildman–Crippen LogP) is 5.05. The Morgan fingerprint density at radius 3 is 2.97 bits per heavy atom. The molecule has 2 heterocycles. The standard InChI is InChI=1S/C20H19N5OS3/c1-11-5-3-7-15(12(11)2)22-19-24-25-20(29-19)27-10-17(26)23-18-14(9-21)13-6-4-8-16(13)28-18/h3,5,7H,4,6,8,10H2,1-2H3,(H,22,24)(H,23,26). The van der Waals surface area contributed by atoms with E-state index in [2.05, 4.69) is 46.8 Å². The van der Waals surface area contributed by atoms with Gasteiger partial charge in [0.25, 0.3) is 0 Å². The quantitative estimate of drug-likeness (QED) is 0.520. The summed E-state index contributed by atoms with van der Waals surface area (Å²) in [6.45, 7) is 4.13. The second-order valence-electron chi connectivity index (χ2n) is 6.76. The van der Waals surface area contributed by atoms with Crippen molar-refractivity contribution in [2.45, 2.75) is 37.4 Å². The number of nitriles is 1. The highest BCUT2D eigenvalue weighted by Gasteiger charge is 2.23. The number of carbonyl (C=O) groups excluding carboxylic acids is 1. The fourth-order valence-corrected chi connectivity index (χ4v) is 6.04. The van der Waals surface area contributed by atoms with E-state index in [9.17, 15) is 10.1 Å². The van der Waals surface area contributed by atoms with Gasteiger partial charge in [0.05, 0.1) is 11.3 Å². The van der Waals surface area contributed by atoms with Crippen LogP contribution in [0.5, 0.6) is 0 Å². The molecule has 1 aliphatic carbocycles. The SMILES string of the molecule is Cc1cccc(Nc2nnc(SCC(=O)Nc3sc4c(c3C#N)CCC4)s2)c1C. The number of nitrogens with zero attached hydrogens (tertiary/aromatic N) is 3. The summed E-state index contributed by atoms with van der Waals surface area (Å²) >= 11 is 4.29. The summed E-state index contributed by atoms with van der Waals surface area (Å²) < 4.78 is 0.724. The third kappa shape index (κ3) is 4.29. The molecule has 4 rings (SSSR count). The van der Waals surface area contributed by atoms with Gasteiger partial charge in [0, 0.05) is 10.6 Å². The van der Waals surface area contributed by atoms with Gasteiger partial charge in [-0.05, 0) is 55.9 Å². The molecule has 29 heavy (non-hydrogen) atoms. The van der Waals surface area contributed by atoms with E-state index in [1.807, 2.05) is 12.1 Å². The average Bonchev–Trinajstić information content (AvgIpc) is 3.40. The van der Waals surface area contributed by atoms with Crippen molar-refractivity contribution in [3.63, 3.8) is 0 Å². The zero-order valence-electron chi connectivity index (χ0n) is 16.0. The van der Waals surface area contributed by atoms with Crippen LogP contribution >= 0.6 is 34.4 Å². The number of hydrogen-bond acceptors (Lipinski definition) is 8. The van der Waals surface area contributed by atoms with Crippen molar-refractivity contribution >= 4 is 56.2 Å². The van der Waals surface area contributed by atoms with E-state index in [4.69, 9.17) is 0 Å². The fraction of sp³-hybridized carbons (Fsp3) is 0.300. The van der Waals surface area contributed by atoms with Gasteiger partial charge >= 0.3 is 0 Å². The number of hydrogen-bond donors (Lipinski definition) is 2. The predicted molar refractivity (Wildman–Crippen MR) is 120 cm³/mol. The summed E-state index contributed by atoms with van der Waals surface area (Å²) in [5.41, 5.74) is 5.14. The summed E-state index contributed by atoms with van der Waals surface area (Å²) in [5, 5.41) is 25.3. The highest BCUT2D eigenvalue weighted by Crippen LogP contribution is 2.38. The van der Waals surface area contributed by atoms with Crippen LogP contribution < -0.4 is 10.6 Å². The second kappa shape index (κ2) is 8.53. The van der Waals surface area contributed by atoms with Crippen molar-refractivity contribution in [2.75, 3.05) is 16.4 Å². The normalized spacial score (nSPS) is 12.4. The van der Waals surface area contributed by atoms with E-state index in [-0.39, 0.29) is 11.7 Å². The fourth-order valence-electron chi connectivity index (χ4n) is 3.22. The molecule has 2 aromatic heterocycles. The molecule has 0 radical (unpaired) electrons. The van der Waals surface area contributed by atoms with Gasteiger partial charge < -0.3 is 10.6 Å². The minimum absolute atomic E-state index is 0.134. The number of aryl methyl sites for hydroxylation is 2. The Kier molecular flexibility index (Phi) is 5.85. The van der Waals surface area contributed by atoms with Crippen LogP contribution in [0.1, 0.15) is 33.6 Å². The molecule has 0 atom stereocenters. The van der Waals surface area contributed by atoms with Gasteiger partial charge in [-0.15, -0.1) is 21.5 Å². The number of aromatic nitrogens is 2. The second-order valence-corrected chi connectivity index (χ2v) is 10.1. The third-order valence-corrected chi connectivity index (χ3v) is 8.04. The van der Waals surface area contributed by atoms with E-state index >= 15 is 0 Å². The Balaban J connectivity index is 1.35. The molecule has 2 N–H and O–H groups in total. The van der Waals surface area contributed by atoms with E-state index < -0.39 is 0 Å². The molecule has 1 aliphatic rings. The van der Waals surface area contributed by atoms with Crippen LogP contribution in [0.15, 0.2) is 22.5 Å². The van der Waals surface area contributed by atoms with Crippen molar-refractivity contribution in [1.82, 2.24) is 10.2 Å². The number of nitrogens with one attached hydrogen (secondary N) is 2. The summed E-state index contributed by atoms with van der Waals surface area (Å²) in [7, 11) is 0. The first-order valence-corrected chi connectivity index (χ1v) is 11.8. The lowest BCUT2D eigenvalue weighted by Crippen LogP contribution is -2.13. The Morgan fingerprint density at radius 2 is 2.14 bits per heavy atom. The maximum absolute atomic E-state index is 12.4. The molecular formula is C20H19N5OS3. The number of fused-ring (bicyclic) bond motifs is 1. The number of carbonyl (C=O) groups is 1. The first kappa shape index (κ1) is 19.9. The molecule has 9 heteroatoms. The molecule has 0 fully saturated rings. The van der Waals surface area contributed by atoms with E-state index in [1.54, 1.807) is 0 Å². The maximum atomic E-state index is 12.4. The van der Waals surface area contributed by atoms with Gasteiger partial charge in [0.15, 0.2) is 4.34 Å². The number of rotatable bonds is 6. The van der Waals surface area contributed by atoms with Crippen molar-refractivity contribution < 1.29 is 4.79 Å². The topological polar surface area (TPSA) is 90.7 Å². The molecule has 0 saturated heterocycles. The molecule has 1 amide bonds. The molecule has 0 bridgehead atoms. The number of anilines is 3. The van der Waals surface area contributed by atoms with E-state index in [0.29, 0.717) is 15.7 Å². The monoisotopic (exact) mass is 441 g/mol. The lowest BCUT2D eigenvalue weighted by Gasteiger charge is -2.08. The van der Waals surface area contributed by atoms with Gasteiger partial charge in [-0.25, -0.2) is 0 Å². The van der Waals surface area contributed by atoms with Gasteiger partial charge in [-0.3, -0.25) is 4.79 Å².